The molecule has 2 N–H and O–H groups in total. The molecule has 1 aliphatic heterocycles. The molecule has 6 unspecified atom stereocenters. The van der Waals surface area contributed by atoms with Gasteiger partial charge in [-0.25, -0.2) is 0 Å². The fourth-order valence-electron chi connectivity index (χ4n) is 4.77. The molecule has 21 heavy (non-hydrogen) atoms. The third-order valence-corrected chi connectivity index (χ3v) is 6.19. The molecule has 3 fully saturated rings. The Hall–Kier alpha value is -0.610. The Morgan fingerprint density at radius 3 is 2.76 bits per heavy atom. The maximum absolute atomic E-state index is 12.2. The normalized spacial score (nSPS) is 41.2. The summed E-state index contributed by atoms with van der Waals surface area (Å²) in [7, 11) is 0. The summed E-state index contributed by atoms with van der Waals surface area (Å²) in [5.41, 5.74) is 0. The zero-order valence-corrected chi connectivity index (χ0v) is 13.4. The molecule has 0 aromatic carbocycles. The summed E-state index contributed by atoms with van der Waals surface area (Å²) in [4.78, 5) is 14.3. The molecule has 2 aliphatic carbocycles. The van der Waals surface area contributed by atoms with Crippen LogP contribution in [0.2, 0.25) is 0 Å². The largest absolute Gasteiger partial charge is 0.392 e. The number of carbonyl (C=O) groups is 1. The zero-order chi connectivity index (χ0) is 15.0. The third kappa shape index (κ3) is 3.42. The highest BCUT2D eigenvalue weighted by Crippen LogP contribution is 2.49. The number of β-amino-alcohol motifs (C(OH)–C–C–N with tert-alkyl or cyclic N) is 1. The van der Waals surface area contributed by atoms with Crippen molar-refractivity contribution in [2.75, 3.05) is 19.6 Å². The van der Waals surface area contributed by atoms with Crippen molar-refractivity contribution >= 4 is 5.91 Å². The molecular formula is C17H30N2O2. The number of rotatable bonds is 4. The molecule has 0 aromatic rings. The van der Waals surface area contributed by atoms with Crippen molar-refractivity contribution in [1.29, 1.82) is 0 Å². The molecule has 0 spiro atoms. The number of nitrogens with one attached hydrogen (secondary N) is 1. The number of aliphatic hydroxyl groups is 1. The van der Waals surface area contributed by atoms with Crippen LogP contribution in [0, 0.1) is 23.7 Å². The van der Waals surface area contributed by atoms with Gasteiger partial charge in [-0.15, -0.1) is 0 Å². The first kappa shape index (κ1) is 15.3. The van der Waals surface area contributed by atoms with E-state index in [0.29, 0.717) is 31.0 Å². The van der Waals surface area contributed by atoms with Crippen LogP contribution >= 0.6 is 0 Å². The van der Waals surface area contributed by atoms with Gasteiger partial charge in [0, 0.05) is 12.6 Å². The number of likely N-dealkylation sites (tertiary alicyclic amines) is 1. The SMILES string of the molecule is CC1CCN(CC(=O)NC(C)C2CC3CCC2C3)CC1O. The Bertz CT molecular complexity index is 387. The predicted molar refractivity (Wildman–Crippen MR) is 82.8 cm³/mol. The molecular weight excluding hydrogens is 264 g/mol. The number of amides is 1. The molecule has 6 atom stereocenters. The van der Waals surface area contributed by atoms with Crippen molar-refractivity contribution in [1.82, 2.24) is 10.2 Å². The monoisotopic (exact) mass is 294 g/mol. The van der Waals surface area contributed by atoms with Crippen LogP contribution in [0.5, 0.6) is 0 Å². The van der Waals surface area contributed by atoms with Crippen molar-refractivity contribution in [3.8, 4) is 0 Å². The van der Waals surface area contributed by atoms with E-state index < -0.39 is 0 Å². The zero-order valence-electron chi connectivity index (χ0n) is 13.4. The number of nitrogens with zero attached hydrogens (tertiary/aromatic N) is 1. The molecule has 4 heteroatoms. The number of fused-ring (bicyclic) bond motifs is 2. The van der Waals surface area contributed by atoms with Crippen LogP contribution in [0.4, 0.5) is 0 Å². The van der Waals surface area contributed by atoms with Gasteiger partial charge in [0.15, 0.2) is 0 Å². The minimum Gasteiger partial charge on any atom is -0.392 e. The number of piperidine rings is 1. The number of hydrogen-bond donors (Lipinski definition) is 2. The number of carbonyl (C=O) groups excluding carboxylic acids is 1. The van der Waals surface area contributed by atoms with Crippen LogP contribution in [0.25, 0.3) is 0 Å². The van der Waals surface area contributed by atoms with Crippen LogP contribution < -0.4 is 5.32 Å². The van der Waals surface area contributed by atoms with Gasteiger partial charge in [0.2, 0.25) is 5.91 Å². The topological polar surface area (TPSA) is 52.6 Å². The van der Waals surface area contributed by atoms with Crippen LogP contribution in [0.15, 0.2) is 0 Å². The second-order valence-electron chi connectivity index (χ2n) is 7.76. The predicted octanol–water partition coefficient (Wildman–Crippen LogP) is 1.63. The summed E-state index contributed by atoms with van der Waals surface area (Å²) in [6.45, 7) is 6.26. The lowest BCUT2D eigenvalue weighted by Crippen LogP contribution is -2.49. The average molecular weight is 294 g/mol. The highest BCUT2D eigenvalue weighted by atomic mass is 16.3. The fraction of sp³-hybridized carbons (Fsp3) is 0.941. The Morgan fingerprint density at radius 1 is 1.33 bits per heavy atom. The maximum Gasteiger partial charge on any atom is 0.234 e. The molecule has 1 saturated heterocycles. The lowest BCUT2D eigenvalue weighted by atomic mass is 9.84. The molecule has 120 valence electrons. The molecule has 1 heterocycles. The standard InChI is InChI=1S/C17H30N2O2/c1-11-5-6-19(9-16(11)20)10-17(21)18-12(2)15-8-13-3-4-14(15)7-13/h11-16,20H,3-10H2,1-2H3,(H,18,21). The summed E-state index contributed by atoms with van der Waals surface area (Å²) in [5, 5.41) is 13.1. The van der Waals surface area contributed by atoms with Crippen molar-refractivity contribution in [2.45, 2.75) is 58.1 Å². The van der Waals surface area contributed by atoms with Gasteiger partial charge in [-0.2, -0.15) is 0 Å². The second-order valence-corrected chi connectivity index (χ2v) is 7.76. The van der Waals surface area contributed by atoms with Gasteiger partial charge >= 0.3 is 0 Å². The molecule has 1 amide bonds. The summed E-state index contributed by atoms with van der Waals surface area (Å²) in [5.74, 6) is 2.96. The quantitative estimate of drug-likeness (QED) is 0.828. The van der Waals surface area contributed by atoms with E-state index in [1.165, 1.54) is 25.7 Å². The Morgan fingerprint density at radius 2 is 2.14 bits per heavy atom. The van der Waals surface area contributed by atoms with E-state index in [1.54, 1.807) is 0 Å². The van der Waals surface area contributed by atoms with Gasteiger partial charge < -0.3 is 10.4 Å². The van der Waals surface area contributed by atoms with E-state index in [9.17, 15) is 9.90 Å². The number of aliphatic hydroxyl groups excluding tert-OH is 1. The fourth-order valence-corrected chi connectivity index (χ4v) is 4.77. The van der Waals surface area contributed by atoms with Crippen molar-refractivity contribution in [3.63, 3.8) is 0 Å². The van der Waals surface area contributed by atoms with E-state index in [-0.39, 0.29) is 12.0 Å². The molecule has 0 radical (unpaired) electrons. The first-order valence-corrected chi connectivity index (χ1v) is 8.72. The lowest BCUT2D eigenvalue weighted by molar-refractivity contribution is -0.124. The van der Waals surface area contributed by atoms with E-state index in [4.69, 9.17) is 0 Å². The average Bonchev–Trinajstić information content (AvgIpc) is 3.05. The summed E-state index contributed by atoms with van der Waals surface area (Å²) in [6.07, 6.45) is 6.18. The minimum absolute atomic E-state index is 0.132. The smallest absolute Gasteiger partial charge is 0.234 e. The Balaban J connectivity index is 1.44. The molecule has 4 nitrogen and oxygen atoms in total. The first-order chi connectivity index (χ1) is 10.0. The summed E-state index contributed by atoms with van der Waals surface area (Å²) >= 11 is 0. The van der Waals surface area contributed by atoms with Crippen LogP contribution in [0.3, 0.4) is 0 Å². The van der Waals surface area contributed by atoms with Crippen LogP contribution in [-0.4, -0.2) is 47.7 Å². The third-order valence-electron chi connectivity index (χ3n) is 6.19. The summed E-state index contributed by atoms with van der Waals surface area (Å²) < 4.78 is 0. The molecule has 3 aliphatic rings. The Labute approximate surface area is 128 Å². The molecule has 2 saturated carbocycles. The van der Waals surface area contributed by atoms with E-state index in [2.05, 4.69) is 24.1 Å². The van der Waals surface area contributed by atoms with E-state index >= 15 is 0 Å². The van der Waals surface area contributed by atoms with Crippen molar-refractivity contribution in [2.24, 2.45) is 23.7 Å². The highest BCUT2D eigenvalue weighted by molar-refractivity contribution is 5.78. The lowest BCUT2D eigenvalue weighted by Gasteiger charge is -2.34. The molecule has 0 aromatic heterocycles. The minimum atomic E-state index is -0.283. The Kier molecular flexibility index (Phi) is 4.55. The number of hydrogen-bond acceptors (Lipinski definition) is 3. The molecule has 3 rings (SSSR count). The van der Waals surface area contributed by atoms with E-state index in [1.807, 2.05) is 0 Å². The van der Waals surface area contributed by atoms with Gasteiger partial charge in [0.25, 0.3) is 0 Å². The summed E-state index contributed by atoms with van der Waals surface area (Å²) in [6, 6.07) is 0.307. The maximum atomic E-state index is 12.2. The van der Waals surface area contributed by atoms with Crippen LogP contribution in [-0.2, 0) is 4.79 Å². The molecule has 2 bridgehead atoms. The first-order valence-electron chi connectivity index (χ1n) is 8.72. The van der Waals surface area contributed by atoms with Crippen molar-refractivity contribution in [3.05, 3.63) is 0 Å². The van der Waals surface area contributed by atoms with E-state index in [0.717, 1.165) is 24.8 Å². The van der Waals surface area contributed by atoms with Gasteiger partial charge in [0.05, 0.1) is 12.6 Å². The van der Waals surface area contributed by atoms with Gasteiger partial charge in [-0.1, -0.05) is 13.3 Å². The van der Waals surface area contributed by atoms with Gasteiger partial charge in [-0.3, -0.25) is 9.69 Å². The van der Waals surface area contributed by atoms with Gasteiger partial charge in [0.1, 0.15) is 0 Å². The van der Waals surface area contributed by atoms with Crippen molar-refractivity contribution < 1.29 is 9.90 Å². The van der Waals surface area contributed by atoms with Crippen LogP contribution in [0.1, 0.15) is 46.0 Å². The highest BCUT2D eigenvalue weighted by Gasteiger charge is 2.42. The van der Waals surface area contributed by atoms with Gasteiger partial charge in [-0.05, 0) is 62.8 Å². The second kappa shape index (κ2) is 6.25.